The molecule has 0 aliphatic carbocycles. The summed E-state index contributed by atoms with van der Waals surface area (Å²) in [6, 6.07) is 14.3. The van der Waals surface area contributed by atoms with E-state index < -0.39 is 0 Å². The Bertz CT molecular complexity index is 748. The summed E-state index contributed by atoms with van der Waals surface area (Å²) in [5.74, 6) is 0.970. The number of aryl methyl sites for hydroxylation is 1. The van der Waals surface area contributed by atoms with Crippen LogP contribution in [0.25, 0.3) is 16.9 Å². The van der Waals surface area contributed by atoms with Crippen LogP contribution in [0.1, 0.15) is 19.0 Å². The zero-order valence-electron chi connectivity index (χ0n) is 12.8. The molecule has 2 heterocycles. The smallest absolute Gasteiger partial charge is 0.158 e. The Hall–Kier alpha value is -2.40. The highest BCUT2D eigenvalue weighted by molar-refractivity contribution is 5.65. The molecule has 1 aromatic carbocycles. The average Bonchev–Trinajstić information content (AvgIpc) is 3.00. The quantitative estimate of drug-likeness (QED) is 0.686. The molecule has 22 heavy (non-hydrogen) atoms. The van der Waals surface area contributed by atoms with E-state index in [9.17, 15) is 0 Å². The Morgan fingerprint density at radius 1 is 1.18 bits per heavy atom. The highest BCUT2D eigenvalue weighted by atomic mass is 15.3. The second-order valence-electron chi connectivity index (χ2n) is 5.22. The Morgan fingerprint density at radius 3 is 2.73 bits per heavy atom. The highest BCUT2D eigenvalue weighted by Gasteiger charge is 2.10. The summed E-state index contributed by atoms with van der Waals surface area (Å²) in [6.07, 6.45) is 1.83. The molecule has 0 bridgehead atoms. The monoisotopic (exact) mass is 295 g/mol. The number of fused-ring (bicyclic) bond motifs is 1. The van der Waals surface area contributed by atoms with Crippen molar-refractivity contribution in [2.75, 3.05) is 18.4 Å². The van der Waals surface area contributed by atoms with Crippen LogP contribution in [-0.2, 0) is 6.42 Å². The molecule has 0 unspecified atom stereocenters. The molecule has 0 aliphatic heterocycles. The van der Waals surface area contributed by atoms with Crippen molar-refractivity contribution in [3.63, 3.8) is 0 Å². The summed E-state index contributed by atoms with van der Waals surface area (Å²) in [5, 5.41) is 8.11. The Labute approximate surface area is 130 Å². The van der Waals surface area contributed by atoms with Gasteiger partial charge >= 0.3 is 0 Å². The summed E-state index contributed by atoms with van der Waals surface area (Å²) in [4.78, 5) is 4.66. The molecule has 5 heteroatoms. The van der Waals surface area contributed by atoms with Gasteiger partial charge in [-0.15, -0.1) is 0 Å². The van der Waals surface area contributed by atoms with Gasteiger partial charge < -0.3 is 11.1 Å². The minimum absolute atomic E-state index is 0.677. The Balaban J connectivity index is 2.03. The van der Waals surface area contributed by atoms with Gasteiger partial charge in [0, 0.05) is 29.9 Å². The highest BCUT2D eigenvalue weighted by Crippen LogP contribution is 2.21. The Kier molecular flexibility index (Phi) is 4.34. The molecule has 3 N–H and O–H groups in total. The topological polar surface area (TPSA) is 68.2 Å². The van der Waals surface area contributed by atoms with E-state index in [1.807, 2.05) is 28.8 Å². The van der Waals surface area contributed by atoms with Crippen molar-refractivity contribution in [1.29, 1.82) is 0 Å². The van der Waals surface area contributed by atoms with Crippen LogP contribution in [0.15, 0.2) is 42.5 Å². The first-order chi connectivity index (χ1) is 10.8. The number of hydrogen-bond donors (Lipinski definition) is 2. The first-order valence-corrected chi connectivity index (χ1v) is 7.71. The van der Waals surface area contributed by atoms with E-state index in [2.05, 4.69) is 35.4 Å². The lowest BCUT2D eigenvalue weighted by molar-refractivity contribution is 0.848. The average molecular weight is 295 g/mol. The van der Waals surface area contributed by atoms with Crippen molar-refractivity contribution in [2.24, 2.45) is 5.73 Å². The molecule has 5 nitrogen and oxygen atoms in total. The number of rotatable bonds is 6. The number of anilines is 1. The van der Waals surface area contributed by atoms with Gasteiger partial charge in [0.1, 0.15) is 5.82 Å². The molecule has 2 aromatic heterocycles. The fourth-order valence-corrected chi connectivity index (χ4v) is 2.40. The van der Waals surface area contributed by atoms with Gasteiger partial charge in [0.15, 0.2) is 5.65 Å². The van der Waals surface area contributed by atoms with Gasteiger partial charge in [-0.2, -0.15) is 9.61 Å². The molecule has 0 radical (unpaired) electrons. The largest absolute Gasteiger partial charge is 0.370 e. The standard InChI is InChI=1S/C17H21N5/c1-2-14-11-16(19-10-6-9-18)22-17(20-14)12-15(21-22)13-7-4-3-5-8-13/h3-5,7-8,11-12,19H,2,6,9-10,18H2,1H3. The third-order valence-corrected chi connectivity index (χ3v) is 3.60. The van der Waals surface area contributed by atoms with Crippen LogP contribution in [-0.4, -0.2) is 27.7 Å². The van der Waals surface area contributed by atoms with Crippen LogP contribution < -0.4 is 11.1 Å². The van der Waals surface area contributed by atoms with Crippen molar-refractivity contribution in [1.82, 2.24) is 14.6 Å². The minimum Gasteiger partial charge on any atom is -0.370 e. The molecule has 0 saturated heterocycles. The van der Waals surface area contributed by atoms with Gasteiger partial charge in [0.2, 0.25) is 0 Å². The van der Waals surface area contributed by atoms with Gasteiger partial charge in [-0.25, -0.2) is 4.98 Å². The Morgan fingerprint density at radius 2 is 2.00 bits per heavy atom. The number of nitrogens with two attached hydrogens (primary N) is 1. The normalized spacial score (nSPS) is 11.0. The number of hydrogen-bond acceptors (Lipinski definition) is 4. The fraction of sp³-hybridized carbons (Fsp3) is 0.294. The van der Waals surface area contributed by atoms with Gasteiger partial charge in [0.05, 0.1) is 5.69 Å². The number of nitrogens with zero attached hydrogens (tertiary/aromatic N) is 3. The summed E-state index contributed by atoms with van der Waals surface area (Å²) < 4.78 is 1.87. The third-order valence-electron chi connectivity index (χ3n) is 3.60. The molecule has 0 saturated carbocycles. The van der Waals surface area contributed by atoms with Crippen LogP contribution in [0.3, 0.4) is 0 Å². The summed E-state index contributed by atoms with van der Waals surface area (Å²) in [5.41, 5.74) is 9.52. The molecule has 114 valence electrons. The molecular weight excluding hydrogens is 274 g/mol. The summed E-state index contributed by atoms with van der Waals surface area (Å²) in [7, 11) is 0. The van der Waals surface area contributed by atoms with Gasteiger partial charge in [-0.1, -0.05) is 37.3 Å². The summed E-state index contributed by atoms with van der Waals surface area (Å²) >= 11 is 0. The van der Waals surface area contributed by atoms with Crippen LogP contribution in [0.2, 0.25) is 0 Å². The zero-order valence-corrected chi connectivity index (χ0v) is 12.8. The number of benzene rings is 1. The van der Waals surface area contributed by atoms with Crippen molar-refractivity contribution in [2.45, 2.75) is 19.8 Å². The third kappa shape index (κ3) is 2.94. The maximum absolute atomic E-state index is 5.57. The van der Waals surface area contributed by atoms with E-state index in [-0.39, 0.29) is 0 Å². The van der Waals surface area contributed by atoms with E-state index in [1.54, 1.807) is 0 Å². The lowest BCUT2D eigenvalue weighted by atomic mass is 10.2. The minimum atomic E-state index is 0.677. The van der Waals surface area contributed by atoms with E-state index in [0.717, 1.165) is 47.8 Å². The van der Waals surface area contributed by atoms with E-state index >= 15 is 0 Å². The molecule has 0 amide bonds. The molecule has 0 atom stereocenters. The van der Waals surface area contributed by atoms with Crippen molar-refractivity contribution in [3.8, 4) is 11.3 Å². The molecular formula is C17H21N5. The van der Waals surface area contributed by atoms with E-state index in [1.165, 1.54) is 0 Å². The predicted octanol–water partition coefficient (Wildman–Crippen LogP) is 2.72. The van der Waals surface area contributed by atoms with Crippen molar-refractivity contribution >= 4 is 11.5 Å². The van der Waals surface area contributed by atoms with Crippen LogP contribution >= 0.6 is 0 Å². The fourth-order valence-electron chi connectivity index (χ4n) is 2.40. The molecule has 3 rings (SSSR count). The maximum atomic E-state index is 5.57. The van der Waals surface area contributed by atoms with Gasteiger partial charge in [-0.05, 0) is 19.4 Å². The van der Waals surface area contributed by atoms with E-state index in [0.29, 0.717) is 6.54 Å². The first kappa shape index (κ1) is 14.5. The van der Waals surface area contributed by atoms with Crippen LogP contribution in [0.4, 0.5) is 5.82 Å². The first-order valence-electron chi connectivity index (χ1n) is 7.71. The summed E-state index contributed by atoms with van der Waals surface area (Å²) in [6.45, 7) is 3.62. The number of nitrogens with one attached hydrogen (secondary N) is 1. The predicted molar refractivity (Wildman–Crippen MR) is 90.0 cm³/mol. The van der Waals surface area contributed by atoms with Crippen LogP contribution in [0.5, 0.6) is 0 Å². The zero-order chi connectivity index (χ0) is 15.4. The molecule has 0 spiro atoms. The van der Waals surface area contributed by atoms with E-state index in [4.69, 9.17) is 10.8 Å². The molecule has 0 aliphatic rings. The number of aromatic nitrogens is 3. The van der Waals surface area contributed by atoms with Crippen LogP contribution in [0, 0.1) is 0 Å². The van der Waals surface area contributed by atoms with Crippen molar-refractivity contribution in [3.05, 3.63) is 48.2 Å². The lowest BCUT2D eigenvalue weighted by Gasteiger charge is -2.09. The van der Waals surface area contributed by atoms with Crippen molar-refractivity contribution < 1.29 is 0 Å². The SMILES string of the molecule is CCc1cc(NCCCN)n2nc(-c3ccccc3)cc2n1. The molecule has 0 fully saturated rings. The maximum Gasteiger partial charge on any atom is 0.158 e. The molecule has 3 aromatic rings. The lowest BCUT2D eigenvalue weighted by Crippen LogP contribution is -2.12. The second kappa shape index (κ2) is 6.58. The van der Waals surface area contributed by atoms with Gasteiger partial charge in [-0.3, -0.25) is 0 Å². The second-order valence-corrected chi connectivity index (χ2v) is 5.22. The van der Waals surface area contributed by atoms with Gasteiger partial charge in [0.25, 0.3) is 0 Å².